The summed E-state index contributed by atoms with van der Waals surface area (Å²) < 4.78 is 11.1. The van der Waals surface area contributed by atoms with Crippen LogP contribution in [0.5, 0.6) is 0 Å². The van der Waals surface area contributed by atoms with Crippen molar-refractivity contribution in [3.8, 4) is 0 Å². The van der Waals surface area contributed by atoms with Crippen molar-refractivity contribution in [1.82, 2.24) is 20.9 Å². The molecule has 1 aliphatic heterocycles. The monoisotopic (exact) mass is 544 g/mol. The third-order valence-electron chi connectivity index (χ3n) is 6.95. The Kier molecular flexibility index (Phi) is 11.7. The van der Waals surface area contributed by atoms with Gasteiger partial charge in [0.15, 0.2) is 0 Å². The van der Waals surface area contributed by atoms with Crippen molar-refractivity contribution in [1.29, 1.82) is 0 Å². The highest BCUT2D eigenvalue weighted by Crippen LogP contribution is 2.27. The minimum absolute atomic E-state index is 0.176. The maximum Gasteiger partial charge on any atom is 0.318 e. The van der Waals surface area contributed by atoms with Crippen molar-refractivity contribution in [3.05, 3.63) is 35.9 Å². The Hall–Kier alpha value is -2.98. The molecule has 10 nitrogen and oxygen atoms in total. The van der Waals surface area contributed by atoms with Crippen LogP contribution in [0.4, 0.5) is 4.79 Å². The van der Waals surface area contributed by atoms with Gasteiger partial charge in [-0.1, -0.05) is 62.4 Å². The molecule has 2 fully saturated rings. The number of nitrogens with zero attached hydrogens (tertiary/aromatic N) is 1. The number of urea groups is 1. The molecule has 1 unspecified atom stereocenters. The number of Topliss-reactive ketones (excluding diaryl/α,β-unsaturated/α-hetero) is 1. The van der Waals surface area contributed by atoms with E-state index in [2.05, 4.69) is 16.0 Å². The molecule has 1 saturated heterocycles. The van der Waals surface area contributed by atoms with Crippen LogP contribution in [0.2, 0.25) is 0 Å². The third kappa shape index (κ3) is 10.6. The van der Waals surface area contributed by atoms with Gasteiger partial charge in [-0.15, -0.1) is 0 Å². The standard InChI is InChI=1S/C29H44N4O6/c1-29(2,3)32-27(36)25(34)24(20-39-19-22-12-8-5-9-13-22)30-26(35)23(18-21-10-6-4-7-11-21)31-28(37)33-14-16-38-17-15-33/h5,8-9,12-13,21,23-24H,4,6-7,10-11,14-20H2,1-3H3,(H,30,35)(H,31,37)(H,32,36)/t23-,24?/m1/s1. The molecule has 10 heteroatoms. The lowest BCUT2D eigenvalue weighted by atomic mass is 9.84. The highest BCUT2D eigenvalue weighted by atomic mass is 16.5. The van der Waals surface area contributed by atoms with Gasteiger partial charge in [-0.05, 0) is 38.7 Å². The lowest BCUT2D eigenvalue weighted by molar-refractivity contribution is -0.142. The van der Waals surface area contributed by atoms with Crippen molar-refractivity contribution in [2.24, 2.45) is 5.92 Å². The molecule has 1 aliphatic carbocycles. The summed E-state index contributed by atoms with van der Waals surface area (Å²) in [5, 5.41) is 8.30. The fourth-order valence-electron chi connectivity index (χ4n) is 4.88. The molecular weight excluding hydrogens is 500 g/mol. The first-order valence-corrected chi connectivity index (χ1v) is 14.0. The largest absolute Gasteiger partial charge is 0.378 e. The van der Waals surface area contributed by atoms with Gasteiger partial charge in [0.1, 0.15) is 12.1 Å². The lowest BCUT2D eigenvalue weighted by Gasteiger charge is -2.31. The fraction of sp³-hybridized carbons (Fsp3) is 0.655. The summed E-state index contributed by atoms with van der Waals surface area (Å²) >= 11 is 0. The highest BCUT2D eigenvalue weighted by Gasteiger charge is 2.34. The molecule has 2 aliphatic rings. The van der Waals surface area contributed by atoms with Crippen molar-refractivity contribution in [3.63, 3.8) is 0 Å². The van der Waals surface area contributed by atoms with E-state index in [9.17, 15) is 19.2 Å². The van der Waals surface area contributed by atoms with E-state index < -0.39 is 35.2 Å². The average Bonchev–Trinajstić information content (AvgIpc) is 2.92. The quantitative estimate of drug-likeness (QED) is 0.368. The van der Waals surface area contributed by atoms with Gasteiger partial charge in [0, 0.05) is 18.6 Å². The van der Waals surface area contributed by atoms with Crippen LogP contribution in [0.25, 0.3) is 0 Å². The molecule has 216 valence electrons. The minimum Gasteiger partial charge on any atom is -0.378 e. The molecule has 0 spiro atoms. The highest BCUT2D eigenvalue weighted by molar-refractivity contribution is 6.38. The van der Waals surface area contributed by atoms with Gasteiger partial charge in [-0.2, -0.15) is 0 Å². The summed E-state index contributed by atoms with van der Waals surface area (Å²) in [5.74, 6) is -1.78. The van der Waals surface area contributed by atoms with Gasteiger partial charge in [0.25, 0.3) is 5.91 Å². The van der Waals surface area contributed by atoms with E-state index >= 15 is 0 Å². The van der Waals surface area contributed by atoms with Crippen LogP contribution in [0.15, 0.2) is 30.3 Å². The van der Waals surface area contributed by atoms with Crippen molar-refractivity contribution < 1.29 is 28.7 Å². The van der Waals surface area contributed by atoms with Gasteiger partial charge >= 0.3 is 6.03 Å². The van der Waals surface area contributed by atoms with E-state index in [4.69, 9.17) is 9.47 Å². The summed E-state index contributed by atoms with van der Waals surface area (Å²) in [5.41, 5.74) is 0.282. The number of ketones is 1. The lowest BCUT2D eigenvalue weighted by Crippen LogP contribution is -2.58. The molecule has 39 heavy (non-hydrogen) atoms. The minimum atomic E-state index is -1.20. The SMILES string of the molecule is CC(C)(C)NC(=O)C(=O)C(COCc1ccccc1)NC(=O)[C@@H](CC1CCCCC1)NC(=O)N1CCOCC1. The number of amides is 4. The van der Waals surface area contributed by atoms with E-state index in [1.54, 1.807) is 25.7 Å². The normalized spacial score (nSPS) is 18.1. The summed E-state index contributed by atoms with van der Waals surface area (Å²) in [6, 6.07) is 7.08. The Balaban J connectivity index is 1.72. The number of carbonyl (C=O) groups is 4. The zero-order chi connectivity index (χ0) is 28.3. The van der Waals surface area contributed by atoms with Crippen molar-refractivity contribution in [2.75, 3.05) is 32.9 Å². The number of nitrogens with one attached hydrogen (secondary N) is 3. The predicted octanol–water partition coefficient (Wildman–Crippen LogP) is 2.55. The second-order valence-electron chi connectivity index (χ2n) is 11.5. The number of benzene rings is 1. The maximum absolute atomic E-state index is 13.6. The molecule has 1 saturated carbocycles. The molecule has 3 rings (SSSR count). The molecule has 1 aromatic carbocycles. The first-order valence-electron chi connectivity index (χ1n) is 14.0. The first kappa shape index (κ1) is 30.6. The molecule has 1 aromatic rings. The van der Waals surface area contributed by atoms with Crippen LogP contribution < -0.4 is 16.0 Å². The van der Waals surface area contributed by atoms with Crippen molar-refractivity contribution in [2.45, 2.75) is 83.5 Å². The zero-order valence-corrected chi connectivity index (χ0v) is 23.5. The van der Waals surface area contributed by atoms with Gasteiger partial charge < -0.3 is 30.3 Å². The maximum atomic E-state index is 13.6. The second kappa shape index (κ2) is 15.0. The Morgan fingerprint density at radius 3 is 2.28 bits per heavy atom. The van der Waals surface area contributed by atoms with Crippen LogP contribution in [-0.4, -0.2) is 79.1 Å². The van der Waals surface area contributed by atoms with Crippen LogP contribution in [0, 0.1) is 5.92 Å². The Morgan fingerprint density at radius 2 is 1.64 bits per heavy atom. The zero-order valence-electron chi connectivity index (χ0n) is 23.5. The average molecular weight is 545 g/mol. The van der Waals surface area contributed by atoms with Crippen LogP contribution >= 0.6 is 0 Å². The number of carbonyl (C=O) groups excluding carboxylic acids is 4. The molecule has 0 bridgehead atoms. The number of hydrogen-bond acceptors (Lipinski definition) is 6. The summed E-state index contributed by atoms with van der Waals surface area (Å²) in [7, 11) is 0. The van der Waals surface area contributed by atoms with E-state index in [0.29, 0.717) is 38.6 Å². The first-order chi connectivity index (χ1) is 18.6. The summed E-state index contributed by atoms with van der Waals surface area (Å²) in [6.07, 6.45) is 5.82. The molecule has 1 heterocycles. The fourth-order valence-corrected chi connectivity index (χ4v) is 4.88. The van der Waals surface area contributed by atoms with Gasteiger partial charge in [0.05, 0.1) is 26.4 Å². The topological polar surface area (TPSA) is 126 Å². The van der Waals surface area contributed by atoms with Crippen LogP contribution in [-0.2, 0) is 30.5 Å². The third-order valence-corrected chi connectivity index (χ3v) is 6.95. The summed E-state index contributed by atoms with van der Waals surface area (Å²) in [6.45, 7) is 7.18. The molecule has 0 aromatic heterocycles. The molecule has 0 radical (unpaired) electrons. The van der Waals surface area contributed by atoms with Crippen LogP contribution in [0.3, 0.4) is 0 Å². The van der Waals surface area contributed by atoms with E-state index in [0.717, 1.165) is 31.2 Å². The van der Waals surface area contributed by atoms with Gasteiger partial charge in [-0.25, -0.2) is 4.79 Å². The number of morpholine rings is 1. The van der Waals surface area contributed by atoms with E-state index in [1.165, 1.54) is 6.42 Å². The number of ether oxygens (including phenoxy) is 2. The van der Waals surface area contributed by atoms with E-state index in [1.807, 2.05) is 30.3 Å². The van der Waals surface area contributed by atoms with E-state index in [-0.39, 0.29) is 19.2 Å². The smallest absolute Gasteiger partial charge is 0.318 e. The van der Waals surface area contributed by atoms with Gasteiger partial charge in [-0.3, -0.25) is 14.4 Å². The number of rotatable bonds is 11. The Bertz CT molecular complexity index is 952. The second-order valence-corrected chi connectivity index (χ2v) is 11.5. The Morgan fingerprint density at radius 1 is 0.974 bits per heavy atom. The van der Waals surface area contributed by atoms with Gasteiger partial charge in [0.2, 0.25) is 11.7 Å². The molecular formula is C29H44N4O6. The number of hydrogen-bond donors (Lipinski definition) is 3. The predicted molar refractivity (Wildman–Crippen MR) is 147 cm³/mol. The van der Waals surface area contributed by atoms with Crippen molar-refractivity contribution >= 4 is 23.6 Å². The Labute approximate surface area is 231 Å². The van der Waals surface area contributed by atoms with Crippen LogP contribution in [0.1, 0.15) is 64.9 Å². The molecule has 4 amide bonds. The molecule has 3 N–H and O–H groups in total. The summed E-state index contributed by atoms with van der Waals surface area (Å²) in [4.78, 5) is 54.1. The molecule has 2 atom stereocenters.